The van der Waals surface area contributed by atoms with Crippen LogP contribution in [0.5, 0.6) is 0 Å². The second-order valence-electron chi connectivity index (χ2n) is 6.94. The lowest BCUT2D eigenvalue weighted by atomic mass is 9.98. The maximum absolute atomic E-state index is 14.0. The number of halogens is 2. The molecule has 0 bridgehead atoms. The molecule has 0 unspecified atom stereocenters. The van der Waals surface area contributed by atoms with Crippen molar-refractivity contribution in [1.82, 2.24) is 24.9 Å². The Balaban J connectivity index is 1.66. The van der Waals surface area contributed by atoms with Gasteiger partial charge in [0, 0.05) is 16.5 Å². The van der Waals surface area contributed by atoms with Crippen molar-refractivity contribution in [3.63, 3.8) is 0 Å². The normalized spacial score (nSPS) is 12.4. The summed E-state index contributed by atoms with van der Waals surface area (Å²) < 4.78 is 14.0. The van der Waals surface area contributed by atoms with Crippen LogP contribution in [-0.2, 0) is 0 Å². The smallest absolute Gasteiger partial charge is 0.162 e. The third kappa shape index (κ3) is 3.23. The van der Waals surface area contributed by atoms with Gasteiger partial charge in [0.2, 0.25) is 0 Å². The summed E-state index contributed by atoms with van der Waals surface area (Å²) in [6.07, 6.45) is 3.05. The summed E-state index contributed by atoms with van der Waals surface area (Å²) in [7, 11) is 0. The number of anilines is 1. The van der Waals surface area contributed by atoms with Crippen molar-refractivity contribution in [3.05, 3.63) is 77.6 Å². The average molecular weight is 419 g/mol. The number of hydrogen-bond acceptors (Lipinski definition) is 5. The number of para-hydroxylation sites is 1. The van der Waals surface area contributed by atoms with E-state index in [2.05, 4.69) is 25.3 Å². The number of pyridine rings is 1. The maximum atomic E-state index is 14.0. The van der Waals surface area contributed by atoms with Gasteiger partial charge < -0.3 is 10.3 Å². The van der Waals surface area contributed by atoms with Crippen molar-refractivity contribution >= 4 is 39.5 Å². The first-order valence-corrected chi connectivity index (χ1v) is 9.73. The highest BCUT2D eigenvalue weighted by molar-refractivity contribution is 6.35. The van der Waals surface area contributed by atoms with Crippen LogP contribution in [0, 0.1) is 5.82 Å². The molecule has 3 heterocycles. The molecule has 30 heavy (non-hydrogen) atoms. The summed E-state index contributed by atoms with van der Waals surface area (Å²) in [5, 5.41) is 4.84. The lowest BCUT2D eigenvalue weighted by molar-refractivity contribution is 0.628. The lowest BCUT2D eigenvalue weighted by Crippen LogP contribution is -2.11. The van der Waals surface area contributed by atoms with Crippen LogP contribution in [-0.4, -0.2) is 24.9 Å². The minimum Gasteiger partial charge on any atom is -0.362 e. The summed E-state index contributed by atoms with van der Waals surface area (Å²) in [4.78, 5) is 20.6. The van der Waals surface area contributed by atoms with Crippen molar-refractivity contribution in [3.8, 4) is 11.3 Å². The summed E-state index contributed by atoms with van der Waals surface area (Å²) >= 11 is 6.38. The molecule has 3 aromatic heterocycles. The molecule has 148 valence electrons. The van der Waals surface area contributed by atoms with Crippen LogP contribution in [0.2, 0.25) is 5.02 Å². The van der Waals surface area contributed by atoms with Crippen molar-refractivity contribution in [1.29, 1.82) is 0 Å². The second-order valence-corrected chi connectivity index (χ2v) is 7.34. The van der Waals surface area contributed by atoms with Gasteiger partial charge in [0.15, 0.2) is 11.5 Å². The van der Waals surface area contributed by atoms with E-state index in [0.29, 0.717) is 38.8 Å². The first-order chi connectivity index (χ1) is 14.6. The Morgan fingerprint density at radius 1 is 1.03 bits per heavy atom. The number of fused-ring (bicyclic) bond motifs is 2. The van der Waals surface area contributed by atoms with Crippen LogP contribution >= 0.6 is 11.6 Å². The van der Waals surface area contributed by atoms with E-state index in [0.717, 1.165) is 10.9 Å². The highest BCUT2D eigenvalue weighted by Crippen LogP contribution is 2.34. The monoisotopic (exact) mass is 418 g/mol. The first-order valence-electron chi connectivity index (χ1n) is 9.36. The van der Waals surface area contributed by atoms with Crippen LogP contribution in [0.25, 0.3) is 33.3 Å². The zero-order valence-corrected chi connectivity index (χ0v) is 16.7. The fraction of sp³-hybridized carbons (Fsp3) is 0.0909. The molecule has 6 nitrogen and oxygen atoms in total. The number of aromatic amines is 1. The standard InChI is InChI=1S/C22H16ClFN6/c1-12(29-22-20-21(26-10-25-20)27-11-28-22)16-9-14-5-3-7-17(23)19(14)30-18(16)13-4-2-6-15(24)8-13/h2-12H,1H3,(H2,25,26,27,28,29)/t12-/m0/s1. The minimum absolute atomic E-state index is 0.200. The molecule has 5 rings (SSSR count). The predicted octanol–water partition coefficient (Wildman–Crippen LogP) is 5.53. The number of imidazole rings is 1. The number of benzene rings is 2. The molecule has 5 aromatic rings. The Hall–Kier alpha value is -3.58. The molecule has 0 fully saturated rings. The van der Waals surface area contributed by atoms with Crippen LogP contribution in [0.4, 0.5) is 10.2 Å². The van der Waals surface area contributed by atoms with E-state index < -0.39 is 0 Å². The maximum Gasteiger partial charge on any atom is 0.162 e. The molecule has 0 saturated heterocycles. The van der Waals surface area contributed by atoms with Crippen molar-refractivity contribution < 1.29 is 4.39 Å². The summed E-state index contributed by atoms with van der Waals surface area (Å²) in [6.45, 7) is 2.00. The molecule has 0 amide bonds. The fourth-order valence-electron chi connectivity index (χ4n) is 3.53. The highest BCUT2D eigenvalue weighted by atomic mass is 35.5. The quantitative estimate of drug-likeness (QED) is 0.401. The van der Waals surface area contributed by atoms with Gasteiger partial charge in [-0.3, -0.25) is 0 Å². The highest BCUT2D eigenvalue weighted by Gasteiger charge is 2.18. The Morgan fingerprint density at radius 3 is 2.77 bits per heavy atom. The zero-order chi connectivity index (χ0) is 20.7. The summed E-state index contributed by atoms with van der Waals surface area (Å²) in [6, 6.07) is 13.8. The molecule has 0 aliphatic carbocycles. The topological polar surface area (TPSA) is 79.4 Å². The predicted molar refractivity (Wildman–Crippen MR) is 116 cm³/mol. The van der Waals surface area contributed by atoms with Crippen molar-refractivity contribution in [2.24, 2.45) is 0 Å². The Labute approximate surface area is 176 Å². The molecule has 2 aromatic carbocycles. The van der Waals surface area contributed by atoms with Gasteiger partial charge in [-0.1, -0.05) is 35.9 Å². The van der Waals surface area contributed by atoms with Crippen LogP contribution in [0.1, 0.15) is 18.5 Å². The number of rotatable bonds is 4. The number of nitrogens with one attached hydrogen (secondary N) is 2. The largest absolute Gasteiger partial charge is 0.362 e. The zero-order valence-electron chi connectivity index (χ0n) is 15.9. The molecular weight excluding hydrogens is 403 g/mol. The molecule has 8 heteroatoms. The Bertz CT molecular complexity index is 1380. The Kier molecular flexibility index (Phi) is 4.52. The van der Waals surface area contributed by atoms with Gasteiger partial charge in [0.05, 0.1) is 28.6 Å². The molecule has 1 atom stereocenters. The molecule has 0 radical (unpaired) electrons. The molecular formula is C22H16ClFN6. The number of hydrogen-bond donors (Lipinski definition) is 2. The minimum atomic E-state index is -0.325. The van der Waals surface area contributed by atoms with Crippen molar-refractivity contribution in [2.45, 2.75) is 13.0 Å². The molecule has 0 spiro atoms. The molecule has 0 aliphatic rings. The summed E-state index contributed by atoms with van der Waals surface area (Å²) in [5.74, 6) is 0.277. The number of H-pyrrole nitrogens is 1. The van der Waals surface area contributed by atoms with Crippen LogP contribution < -0.4 is 5.32 Å². The first kappa shape index (κ1) is 18.4. The van der Waals surface area contributed by atoms with Gasteiger partial charge in [-0.05, 0) is 31.2 Å². The SMILES string of the molecule is C[C@H](Nc1ncnc2[nH]cnc12)c1cc2cccc(Cl)c2nc1-c1cccc(F)c1. The van der Waals surface area contributed by atoms with Gasteiger partial charge in [0.1, 0.15) is 17.7 Å². The van der Waals surface area contributed by atoms with E-state index >= 15 is 0 Å². The van der Waals surface area contributed by atoms with Gasteiger partial charge in [0.25, 0.3) is 0 Å². The van der Waals surface area contributed by atoms with E-state index in [-0.39, 0.29) is 11.9 Å². The average Bonchev–Trinajstić information content (AvgIpc) is 3.23. The van der Waals surface area contributed by atoms with Gasteiger partial charge >= 0.3 is 0 Å². The second kappa shape index (κ2) is 7.35. The van der Waals surface area contributed by atoms with Gasteiger partial charge in [-0.2, -0.15) is 0 Å². The summed E-state index contributed by atoms with van der Waals surface area (Å²) in [5.41, 5.74) is 4.18. The van der Waals surface area contributed by atoms with Gasteiger partial charge in [-0.15, -0.1) is 0 Å². The Morgan fingerprint density at radius 2 is 1.90 bits per heavy atom. The van der Waals surface area contributed by atoms with E-state index in [9.17, 15) is 4.39 Å². The third-order valence-electron chi connectivity index (χ3n) is 4.96. The van der Waals surface area contributed by atoms with Crippen LogP contribution in [0.3, 0.4) is 0 Å². The van der Waals surface area contributed by atoms with Gasteiger partial charge in [-0.25, -0.2) is 24.3 Å². The number of nitrogens with zero attached hydrogens (tertiary/aromatic N) is 4. The van der Waals surface area contributed by atoms with E-state index in [1.807, 2.05) is 31.2 Å². The third-order valence-corrected chi connectivity index (χ3v) is 5.27. The van der Waals surface area contributed by atoms with Crippen molar-refractivity contribution in [2.75, 3.05) is 5.32 Å². The lowest BCUT2D eigenvalue weighted by Gasteiger charge is -2.19. The van der Waals surface area contributed by atoms with E-state index in [1.54, 1.807) is 18.5 Å². The fourth-order valence-corrected chi connectivity index (χ4v) is 3.75. The molecule has 0 saturated carbocycles. The molecule has 2 N–H and O–H groups in total. The molecule has 0 aliphatic heterocycles. The van der Waals surface area contributed by atoms with E-state index in [1.165, 1.54) is 18.5 Å². The van der Waals surface area contributed by atoms with Crippen LogP contribution in [0.15, 0.2) is 61.2 Å². The number of aromatic nitrogens is 5. The van der Waals surface area contributed by atoms with E-state index in [4.69, 9.17) is 16.6 Å².